The minimum Gasteiger partial charge on any atom is -0.312 e. The molecule has 2 aromatic heterocycles. The van der Waals surface area contributed by atoms with Crippen molar-refractivity contribution in [2.24, 2.45) is 0 Å². The topological polar surface area (TPSA) is 151 Å². The van der Waals surface area contributed by atoms with Gasteiger partial charge in [-0.05, 0) is 79.8 Å². The van der Waals surface area contributed by atoms with E-state index < -0.39 is 10.8 Å². The van der Waals surface area contributed by atoms with E-state index in [0.717, 1.165) is 41.7 Å². The van der Waals surface area contributed by atoms with Gasteiger partial charge in [0.05, 0.1) is 10.5 Å². The quantitative estimate of drug-likeness (QED) is 0.0959. The number of anilines is 1. The van der Waals surface area contributed by atoms with E-state index in [9.17, 15) is 25.4 Å². The molecule has 42 heavy (non-hydrogen) atoms. The van der Waals surface area contributed by atoms with Gasteiger partial charge in [-0.25, -0.2) is 0 Å². The van der Waals surface area contributed by atoms with E-state index >= 15 is 0 Å². The number of carbonyl (C=O) groups is 1. The number of nitro benzene ring substituents is 1. The Balaban J connectivity index is 1.50. The first-order chi connectivity index (χ1) is 20.3. The molecular formula is C29H22ClN7O3S2. The van der Waals surface area contributed by atoms with E-state index in [2.05, 4.69) is 21.6 Å². The van der Waals surface area contributed by atoms with Gasteiger partial charge in [0.15, 0.2) is 11.0 Å². The predicted octanol–water partition coefficient (Wildman–Crippen LogP) is 7.04. The summed E-state index contributed by atoms with van der Waals surface area (Å²) in [5.41, 5.74) is 2.01. The molecule has 0 spiro atoms. The number of carbonyl (C=O) groups excluding carboxylic acids is 1. The normalized spacial score (nSPS) is 12.7. The third-order valence-corrected chi connectivity index (χ3v) is 9.22. The average Bonchev–Trinajstić information content (AvgIpc) is 3.56. The van der Waals surface area contributed by atoms with Gasteiger partial charge < -0.3 is 9.88 Å². The van der Waals surface area contributed by atoms with Gasteiger partial charge in [0.25, 0.3) is 11.6 Å². The molecule has 0 radical (unpaired) electrons. The van der Waals surface area contributed by atoms with E-state index in [1.807, 2.05) is 29.7 Å². The molecule has 1 amide bonds. The SMILES string of the molecule is CCn1c(Sc2ccc([N+](=O)[O-])cc2C=C(C#N)C(=O)Nc2sc3c(c2C#N)CCCC3)nnc1-c1cccc(Cl)c1. The Morgan fingerprint density at radius 1 is 1.24 bits per heavy atom. The van der Waals surface area contributed by atoms with Gasteiger partial charge in [-0.1, -0.05) is 23.7 Å². The number of thiophene rings is 1. The fourth-order valence-electron chi connectivity index (χ4n) is 4.69. The monoisotopic (exact) mass is 615 g/mol. The summed E-state index contributed by atoms with van der Waals surface area (Å²) >= 11 is 8.73. The second kappa shape index (κ2) is 12.6. The lowest BCUT2D eigenvalue weighted by Crippen LogP contribution is -2.13. The van der Waals surface area contributed by atoms with Crippen molar-refractivity contribution in [2.45, 2.75) is 49.2 Å². The third kappa shape index (κ3) is 5.92. The number of aryl methyl sites for hydroxylation is 1. The first-order valence-corrected chi connectivity index (χ1v) is 15.0. The van der Waals surface area contributed by atoms with Crippen LogP contribution in [0.1, 0.15) is 41.3 Å². The van der Waals surface area contributed by atoms with E-state index in [4.69, 9.17) is 11.6 Å². The Kier molecular flexibility index (Phi) is 8.69. The summed E-state index contributed by atoms with van der Waals surface area (Å²) in [5.74, 6) is -0.0967. The summed E-state index contributed by atoms with van der Waals surface area (Å²) in [6, 6.07) is 15.5. The third-order valence-electron chi connectivity index (χ3n) is 6.70. The zero-order valence-electron chi connectivity index (χ0n) is 22.3. The molecule has 1 aliphatic rings. The largest absolute Gasteiger partial charge is 0.312 e. The molecule has 0 saturated carbocycles. The molecule has 0 saturated heterocycles. The highest BCUT2D eigenvalue weighted by atomic mass is 35.5. The number of nitrogens with zero attached hydrogens (tertiary/aromatic N) is 6. The summed E-state index contributed by atoms with van der Waals surface area (Å²) in [5, 5.41) is 44.1. The highest BCUT2D eigenvalue weighted by molar-refractivity contribution is 7.99. The van der Waals surface area contributed by atoms with Gasteiger partial charge in [-0.3, -0.25) is 14.9 Å². The number of hydrogen-bond donors (Lipinski definition) is 1. The van der Waals surface area contributed by atoms with Crippen LogP contribution in [0.4, 0.5) is 10.7 Å². The number of halogens is 1. The van der Waals surface area contributed by atoms with E-state index in [1.54, 1.807) is 18.2 Å². The van der Waals surface area contributed by atoms with Gasteiger partial charge in [-0.15, -0.1) is 21.5 Å². The molecule has 4 aromatic rings. The fourth-order valence-corrected chi connectivity index (χ4v) is 7.09. The maximum atomic E-state index is 13.2. The van der Waals surface area contributed by atoms with Crippen molar-refractivity contribution in [3.8, 4) is 23.5 Å². The van der Waals surface area contributed by atoms with Crippen molar-refractivity contribution < 1.29 is 9.72 Å². The fraction of sp³-hybridized carbons (Fsp3) is 0.207. The van der Waals surface area contributed by atoms with Gasteiger partial charge in [0.2, 0.25) is 0 Å². The zero-order valence-corrected chi connectivity index (χ0v) is 24.6. The lowest BCUT2D eigenvalue weighted by Gasteiger charge is -2.10. The summed E-state index contributed by atoms with van der Waals surface area (Å²) in [6.45, 7) is 2.47. The Morgan fingerprint density at radius 2 is 2.05 bits per heavy atom. The number of hydrogen-bond acceptors (Lipinski definition) is 9. The van der Waals surface area contributed by atoms with Crippen molar-refractivity contribution in [3.05, 3.63) is 84.7 Å². The Labute approximate surface area is 254 Å². The molecule has 5 rings (SSSR count). The molecule has 2 heterocycles. The highest BCUT2D eigenvalue weighted by Crippen LogP contribution is 2.38. The second-order valence-electron chi connectivity index (χ2n) is 9.29. The smallest absolute Gasteiger partial charge is 0.270 e. The van der Waals surface area contributed by atoms with E-state index in [-0.39, 0.29) is 11.3 Å². The van der Waals surface area contributed by atoms with Crippen molar-refractivity contribution in [1.29, 1.82) is 10.5 Å². The van der Waals surface area contributed by atoms with Gasteiger partial charge in [0.1, 0.15) is 22.7 Å². The first kappa shape index (κ1) is 29.0. The van der Waals surface area contributed by atoms with Crippen molar-refractivity contribution in [1.82, 2.24) is 14.8 Å². The number of amides is 1. The molecule has 0 fully saturated rings. The van der Waals surface area contributed by atoms with Crippen molar-refractivity contribution >= 4 is 57.4 Å². The molecule has 0 unspecified atom stereocenters. The second-order valence-corrected chi connectivity index (χ2v) is 11.8. The maximum absolute atomic E-state index is 13.2. The number of aromatic nitrogens is 3. The number of nitro groups is 1. The number of benzene rings is 2. The van der Waals surface area contributed by atoms with Crippen LogP contribution >= 0.6 is 34.7 Å². The molecule has 2 aromatic carbocycles. The first-order valence-electron chi connectivity index (χ1n) is 13.0. The summed E-state index contributed by atoms with van der Waals surface area (Å²) < 4.78 is 1.88. The molecule has 0 atom stereocenters. The van der Waals surface area contributed by atoms with Gasteiger partial charge in [-0.2, -0.15) is 10.5 Å². The van der Waals surface area contributed by atoms with Crippen LogP contribution in [0.15, 0.2) is 58.1 Å². The summed E-state index contributed by atoms with van der Waals surface area (Å²) in [4.78, 5) is 25.9. The van der Waals surface area contributed by atoms with Gasteiger partial charge in [0, 0.05) is 39.0 Å². The molecule has 10 nitrogen and oxygen atoms in total. The number of non-ortho nitro benzene ring substituents is 1. The molecule has 13 heteroatoms. The Bertz CT molecular complexity index is 1830. The van der Waals surface area contributed by atoms with Crippen LogP contribution in [0.2, 0.25) is 5.02 Å². The minimum atomic E-state index is -0.699. The van der Waals surface area contributed by atoms with Crippen LogP contribution in [0.25, 0.3) is 17.5 Å². The highest BCUT2D eigenvalue weighted by Gasteiger charge is 2.24. The van der Waals surface area contributed by atoms with Crippen LogP contribution in [-0.4, -0.2) is 25.6 Å². The Hall–Kier alpha value is -4.49. The van der Waals surface area contributed by atoms with Crippen LogP contribution in [0.3, 0.4) is 0 Å². The van der Waals surface area contributed by atoms with Crippen molar-refractivity contribution in [3.63, 3.8) is 0 Å². The molecule has 210 valence electrons. The summed E-state index contributed by atoms with van der Waals surface area (Å²) in [7, 11) is 0. The van der Waals surface area contributed by atoms with Crippen LogP contribution < -0.4 is 5.32 Å². The number of nitrogens with one attached hydrogen (secondary N) is 1. The lowest BCUT2D eigenvalue weighted by atomic mass is 9.96. The zero-order chi connectivity index (χ0) is 29.8. The molecular weight excluding hydrogens is 594 g/mol. The Morgan fingerprint density at radius 3 is 2.76 bits per heavy atom. The molecule has 0 aliphatic heterocycles. The summed E-state index contributed by atoms with van der Waals surface area (Å²) in [6.07, 6.45) is 4.95. The number of rotatable bonds is 8. The van der Waals surface area contributed by atoms with E-state index in [1.165, 1.54) is 41.3 Å². The number of fused-ring (bicyclic) bond motifs is 1. The maximum Gasteiger partial charge on any atom is 0.270 e. The van der Waals surface area contributed by atoms with Crippen LogP contribution in [0.5, 0.6) is 0 Å². The van der Waals surface area contributed by atoms with Crippen LogP contribution in [0, 0.1) is 32.8 Å². The van der Waals surface area contributed by atoms with Crippen LogP contribution in [-0.2, 0) is 24.2 Å². The van der Waals surface area contributed by atoms with Crippen molar-refractivity contribution in [2.75, 3.05) is 5.32 Å². The molecule has 1 aliphatic carbocycles. The average molecular weight is 616 g/mol. The number of nitriles is 2. The molecule has 1 N–H and O–H groups in total. The predicted molar refractivity (Wildman–Crippen MR) is 161 cm³/mol. The minimum absolute atomic E-state index is 0.197. The lowest BCUT2D eigenvalue weighted by molar-refractivity contribution is -0.384. The van der Waals surface area contributed by atoms with Gasteiger partial charge >= 0.3 is 0 Å². The molecule has 0 bridgehead atoms. The van der Waals surface area contributed by atoms with E-state index in [0.29, 0.717) is 43.6 Å². The standard InChI is InChI=1S/C29H22ClN7O3S2/c1-2-36-26(17-6-5-7-20(30)13-17)34-35-29(36)42-24-11-10-21(37(39)40)14-18(24)12-19(15-31)27(38)33-28-23(16-32)22-8-3-4-9-25(22)41-28/h5-7,10-14H,2-4,8-9H2,1H3,(H,33,38).